The number of rotatable bonds is 8. The van der Waals surface area contributed by atoms with E-state index in [0.717, 1.165) is 21.8 Å². The second-order valence-corrected chi connectivity index (χ2v) is 9.59. The Bertz CT molecular complexity index is 1340. The number of carbonyl (C=O) groups is 2. The molecule has 4 rings (SSSR count). The second-order valence-electron chi connectivity index (χ2n) is 8.00. The van der Waals surface area contributed by atoms with Gasteiger partial charge in [0.2, 0.25) is 5.91 Å². The summed E-state index contributed by atoms with van der Waals surface area (Å²) >= 11 is 6.90. The van der Waals surface area contributed by atoms with Gasteiger partial charge in [0.25, 0.3) is 0 Å². The standard InChI is InChI=1S/C29H25N3O2S2/c1-20(33)21-15-17-24(18-16-21)30-28(34)27(22-9-4-2-5-10-22)36-26-14-8-13-25(19-26)32-29(35)31-23-11-6-3-7-12-23/h2-19,27H,1H3,(H,30,34)(H2,31,32,35). The van der Waals surface area contributed by atoms with Crippen LogP contribution < -0.4 is 16.0 Å². The predicted octanol–water partition coefficient (Wildman–Crippen LogP) is 7.17. The van der Waals surface area contributed by atoms with Crippen LogP contribution in [0, 0.1) is 0 Å². The van der Waals surface area contributed by atoms with E-state index in [0.29, 0.717) is 16.4 Å². The molecular weight excluding hydrogens is 486 g/mol. The largest absolute Gasteiger partial charge is 0.332 e. The predicted molar refractivity (Wildman–Crippen MR) is 153 cm³/mol. The zero-order valence-electron chi connectivity index (χ0n) is 19.6. The molecule has 5 nitrogen and oxygen atoms in total. The van der Waals surface area contributed by atoms with Crippen molar-refractivity contribution in [2.75, 3.05) is 16.0 Å². The molecule has 7 heteroatoms. The molecule has 0 aliphatic heterocycles. The molecule has 0 heterocycles. The highest BCUT2D eigenvalue weighted by molar-refractivity contribution is 8.00. The van der Waals surface area contributed by atoms with Gasteiger partial charge in [0.05, 0.1) is 0 Å². The topological polar surface area (TPSA) is 70.2 Å². The van der Waals surface area contributed by atoms with Crippen molar-refractivity contribution in [2.45, 2.75) is 17.1 Å². The second kappa shape index (κ2) is 12.2. The molecule has 4 aromatic carbocycles. The summed E-state index contributed by atoms with van der Waals surface area (Å²) in [6.07, 6.45) is 0. The molecule has 0 aliphatic rings. The van der Waals surface area contributed by atoms with Gasteiger partial charge in [-0.05, 0) is 79.3 Å². The van der Waals surface area contributed by atoms with Gasteiger partial charge in [-0.2, -0.15) is 0 Å². The molecule has 0 saturated heterocycles. The summed E-state index contributed by atoms with van der Waals surface area (Å²) in [5.74, 6) is -0.168. The van der Waals surface area contributed by atoms with Crippen molar-refractivity contribution in [3.05, 3.63) is 120 Å². The number of amides is 1. The van der Waals surface area contributed by atoms with Crippen LogP contribution >= 0.6 is 24.0 Å². The third-order valence-corrected chi connectivity index (χ3v) is 6.73. The normalized spacial score (nSPS) is 11.2. The SMILES string of the molecule is CC(=O)c1ccc(NC(=O)C(Sc2cccc(NC(=S)Nc3ccccc3)c2)c2ccccc2)cc1. The molecule has 4 aromatic rings. The van der Waals surface area contributed by atoms with Crippen LogP contribution in [0.3, 0.4) is 0 Å². The van der Waals surface area contributed by atoms with E-state index in [1.807, 2.05) is 84.9 Å². The molecule has 0 aliphatic carbocycles. The van der Waals surface area contributed by atoms with Crippen LogP contribution in [-0.4, -0.2) is 16.8 Å². The summed E-state index contributed by atoms with van der Waals surface area (Å²) in [7, 11) is 0. The van der Waals surface area contributed by atoms with Crippen LogP contribution in [0.5, 0.6) is 0 Å². The summed E-state index contributed by atoms with van der Waals surface area (Å²) < 4.78 is 0. The first-order chi connectivity index (χ1) is 17.5. The van der Waals surface area contributed by atoms with Crippen LogP contribution in [0.4, 0.5) is 17.1 Å². The van der Waals surface area contributed by atoms with E-state index in [9.17, 15) is 9.59 Å². The van der Waals surface area contributed by atoms with Gasteiger partial charge in [-0.25, -0.2) is 0 Å². The fourth-order valence-electron chi connectivity index (χ4n) is 3.50. The fourth-order valence-corrected chi connectivity index (χ4v) is 4.81. The lowest BCUT2D eigenvalue weighted by Gasteiger charge is -2.18. The van der Waals surface area contributed by atoms with Crippen molar-refractivity contribution < 1.29 is 9.59 Å². The lowest BCUT2D eigenvalue weighted by atomic mass is 10.1. The number of thiocarbonyl (C=S) groups is 1. The van der Waals surface area contributed by atoms with E-state index in [1.165, 1.54) is 18.7 Å². The van der Waals surface area contributed by atoms with Gasteiger partial charge in [-0.1, -0.05) is 54.6 Å². The molecule has 36 heavy (non-hydrogen) atoms. The number of benzene rings is 4. The highest BCUT2D eigenvalue weighted by Gasteiger charge is 2.22. The first-order valence-electron chi connectivity index (χ1n) is 11.3. The Hall–Kier alpha value is -3.94. The number of Topliss-reactive ketones (excluding diaryl/α,β-unsaturated/α-hetero) is 1. The minimum atomic E-state index is -0.483. The average molecular weight is 512 g/mol. The van der Waals surface area contributed by atoms with Gasteiger partial charge in [0.1, 0.15) is 5.25 Å². The summed E-state index contributed by atoms with van der Waals surface area (Å²) in [5, 5.41) is 9.35. The molecular formula is C29H25N3O2S2. The van der Waals surface area contributed by atoms with E-state index < -0.39 is 5.25 Å². The van der Waals surface area contributed by atoms with E-state index in [1.54, 1.807) is 24.3 Å². The number of nitrogens with one attached hydrogen (secondary N) is 3. The monoisotopic (exact) mass is 511 g/mol. The van der Waals surface area contributed by atoms with Gasteiger partial charge in [-0.15, -0.1) is 11.8 Å². The molecule has 0 saturated carbocycles. The van der Waals surface area contributed by atoms with Gasteiger partial charge >= 0.3 is 0 Å². The third kappa shape index (κ3) is 7.04. The maximum Gasteiger partial charge on any atom is 0.242 e. The number of hydrogen-bond donors (Lipinski definition) is 3. The number of anilines is 3. The molecule has 0 fully saturated rings. The zero-order chi connectivity index (χ0) is 25.3. The van der Waals surface area contributed by atoms with E-state index in [-0.39, 0.29) is 11.7 Å². The Balaban J connectivity index is 1.49. The van der Waals surface area contributed by atoms with Crippen molar-refractivity contribution in [1.29, 1.82) is 0 Å². The minimum absolute atomic E-state index is 0.0162. The molecule has 0 radical (unpaired) electrons. The summed E-state index contributed by atoms with van der Waals surface area (Å²) in [5.41, 5.74) is 3.85. The number of ketones is 1. The van der Waals surface area contributed by atoms with E-state index >= 15 is 0 Å². The van der Waals surface area contributed by atoms with Crippen LogP contribution in [0.2, 0.25) is 0 Å². The Labute approximate surface area is 220 Å². The van der Waals surface area contributed by atoms with Crippen molar-refractivity contribution >= 4 is 57.8 Å². The minimum Gasteiger partial charge on any atom is -0.332 e. The van der Waals surface area contributed by atoms with Crippen LogP contribution in [-0.2, 0) is 4.79 Å². The van der Waals surface area contributed by atoms with Crippen molar-refractivity contribution in [2.24, 2.45) is 0 Å². The van der Waals surface area contributed by atoms with E-state index in [2.05, 4.69) is 16.0 Å². The molecule has 0 spiro atoms. The Morgan fingerprint density at radius 1 is 0.694 bits per heavy atom. The molecule has 1 unspecified atom stereocenters. The zero-order valence-corrected chi connectivity index (χ0v) is 21.2. The highest BCUT2D eigenvalue weighted by atomic mass is 32.2. The van der Waals surface area contributed by atoms with Gasteiger partial charge in [0, 0.05) is 27.5 Å². The Kier molecular flexibility index (Phi) is 8.49. The molecule has 0 aromatic heterocycles. The van der Waals surface area contributed by atoms with Gasteiger partial charge in [0.15, 0.2) is 10.9 Å². The van der Waals surface area contributed by atoms with Crippen LogP contribution in [0.15, 0.2) is 114 Å². The molecule has 3 N–H and O–H groups in total. The van der Waals surface area contributed by atoms with Crippen LogP contribution in [0.1, 0.15) is 28.1 Å². The first kappa shape index (κ1) is 25.2. The molecule has 180 valence electrons. The van der Waals surface area contributed by atoms with Gasteiger partial charge < -0.3 is 16.0 Å². The van der Waals surface area contributed by atoms with Crippen molar-refractivity contribution in [3.8, 4) is 0 Å². The number of thioether (sulfide) groups is 1. The number of para-hydroxylation sites is 1. The van der Waals surface area contributed by atoms with E-state index in [4.69, 9.17) is 12.2 Å². The maximum absolute atomic E-state index is 13.4. The number of hydrogen-bond acceptors (Lipinski definition) is 4. The Morgan fingerprint density at radius 2 is 1.28 bits per heavy atom. The smallest absolute Gasteiger partial charge is 0.242 e. The van der Waals surface area contributed by atoms with Crippen molar-refractivity contribution in [1.82, 2.24) is 0 Å². The van der Waals surface area contributed by atoms with Gasteiger partial charge in [-0.3, -0.25) is 9.59 Å². The highest BCUT2D eigenvalue weighted by Crippen LogP contribution is 2.37. The number of carbonyl (C=O) groups excluding carboxylic acids is 2. The fraction of sp³-hybridized carbons (Fsp3) is 0.0690. The molecule has 1 amide bonds. The first-order valence-corrected chi connectivity index (χ1v) is 12.6. The van der Waals surface area contributed by atoms with Crippen LogP contribution in [0.25, 0.3) is 0 Å². The summed E-state index contributed by atoms with van der Waals surface area (Å²) in [6, 6.07) is 34.1. The Morgan fingerprint density at radius 3 is 1.94 bits per heavy atom. The maximum atomic E-state index is 13.4. The molecule has 0 bridgehead atoms. The lowest BCUT2D eigenvalue weighted by molar-refractivity contribution is -0.115. The summed E-state index contributed by atoms with van der Waals surface area (Å²) in [4.78, 5) is 25.8. The third-order valence-electron chi connectivity index (χ3n) is 5.28. The lowest BCUT2D eigenvalue weighted by Crippen LogP contribution is -2.19. The summed E-state index contributed by atoms with van der Waals surface area (Å²) in [6.45, 7) is 1.52. The average Bonchev–Trinajstić information content (AvgIpc) is 2.89. The molecule has 1 atom stereocenters. The quantitative estimate of drug-likeness (QED) is 0.132. The van der Waals surface area contributed by atoms with Crippen molar-refractivity contribution in [3.63, 3.8) is 0 Å².